The largest absolute Gasteiger partial charge is 0.356 e. The van der Waals surface area contributed by atoms with Crippen molar-refractivity contribution >= 4 is 28.9 Å². The van der Waals surface area contributed by atoms with E-state index >= 15 is 0 Å². The zero-order valence-electron chi connectivity index (χ0n) is 14.7. The summed E-state index contributed by atoms with van der Waals surface area (Å²) < 4.78 is 1.95. The van der Waals surface area contributed by atoms with E-state index in [1.54, 1.807) is 6.07 Å². The summed E-state index contributed by atoms with van der Waals surface area (Å²) in [6.45, 7) is 4.65. The van der Waals surface area contributed by atoms with Crippen LogP contribution in [0.5, 0.6) is 0 Å². The average molecular weight is 388 g/mol. The molecule has 136 valence electrons. The number of likely N-dealkylation sites (tertiary alicyclic amines) is 1. The summed E-state index contributed by atoms with van der Waals surface area (Å²) in [6.07, 6.45) is 1.13. The maximum absolute atomic E-state index is 12.1. The van der Waals surface area contributed by atoms with Crippen LogP contribution in [0, 0.1) is 5.92 Å². The Labute approximate surface area is 163 Å². The van der Waals surface area contributed by atoms with Crippen LogP contribution in [0.4, 0.5) is 0 Å². The summed E-state index contributed by atoms with van der Waals surface area (Å²) in [5, 5.41) is 4.98. The molecule has 1 aromatic carbocycles. The molecule has 6 heteroatoms. The minimum Gasteiger partial charge on any atom is -0.356 e. The lowest BCUT2D eigenvalue weighted by molar-refractivity contribution is 0.176. The Balaban J connectivity index is 1.47. The Bertz CT molecular complexity index is 879. The predicted molar refractivity (Wildman–Crippen MR) is 109 cm³/mol. The van der Waals surface area contributed by atoms with E-state index in [0.717, 1.165) is 47.4 Å². The van der Waals surface area contributed by atoms with Crippen LogP contribution < -0.4 is 10.9 Å². The van der Waals surface area contributed by atoms with Gasteiger partial charge < -0.3 is 14.8 Å². The molecule has 2 bridgehead atoms. The van der Waals surface area contributed by atoms with Crippen LogP contribution in [0.15, 0.2) is 47.3 Å². The molecule has 3 atom stereocenters. The first-order valence-electron chi connectivity index (χ1n) is 9.02. The van der Waals surface area contributed by atoms with Gasteiger partial charge in [-0.25, -0.2) is 0 Å². The van der Waals surface area contributed by atoms with Crippen molar-refractivity contribution in [3.05, 3.63) is 69.1 Å². The van der Waals surface area contributed by atoms with Crippen molar-refractivity contribution in [2.75, 3.05) is 13.1 Å². The Morgan fingerprint density at radius 2 is 1.96 bits per heavy atom. The van der Waals surface area contributed by atoms with Crippen molar-refractivity contribution in [3.63, 3.8) is 0 Å². The van der Waals surface area contributed by atoms with Gasteiger partial charge in [0.2, 0.25) is 0 Å². The molecular formula is C20H22ClN3OS. The molecule has 1 saturated heterocycles. The van der Waals surface area contributed by atoms with E-state index in [4.69, 9.17) is 23.8 Å². The normalized spacial score (nSPS) is 22.5. The molecule has 0 saturated carbocycles. The number of thiocarbonyl (C=S) groups is 1. The van der Waals surface area contributed by atoms with Crippen LogP contribution in [0.3, 0.4) is 0 Å². The molecule has 0 amide bonds. The van der Waals surface area contributed by atoms with E-state index in [1.807, 2.05) is 34.9 Å². The molecule has 2 aromatic rings. The molecule has 0 aliphatic carbocycles. The molecule has 4 nitrogen and oxygen atoms in total. The van der Waals surface area contributed by atoms with E-state index in [1.165, 1.54) is 0 Å². The van der Waals surface area contributed by atoms with Crippen molar-refractivity contribution < 1.29 is 0 Å². The summed E-state index contributed by atoms with van der Waals surface area (Å²) in [7, 11) is 0. The van der Waals surface area contributed by atoms with Crippen LogP contribution >= 0.6 is 23.8 Å². The van der Waals surface area contributed by atoms with Crippen LogP contribution in [0.2, 0.25) is 5.02 Å². The van der Waals surface area contributed by atoms with Gasteiger partial charge in [-0.2, -0.15) is 0 Å². The summed E-state index contributed by atoms with van der Waals surface area (Å²) >= 11 is 11.7. The van der Waals surface area contributed by atoms with Gasteiger partial charge in [0.05, 0.1) is 6.04 Å². The summed E-state index contributed by atoms with van der Waals surface area (Å²) in [5.74, 6) is 0.828. The number of nitrogens with one attached hydrogen (secondary N) is 1. The number of fused-ring (bicyclic) bond motifs is 4. The molecule has 26 heavy (non-hydrogen) atoms. The predicted octanol–water partition coefficient (Wildman–Crippen LogP) is 3.56. The fourth-order valence-corrected chi connectivity index (χ4v) is 4.63. The number of hydrogen-bond acceptors (Lipinski definition) is 2. The SMILES string of the molecule is CC(NC(=S)N1CC2CC(C1)c1cccc(=O)n1C2)c1ccc(Cl)cc1. The molecule has 2 aliphatic rings. The van der Waals surface area contributed by atoms with E-state index in [0.29, 0.717) is 11.8 Å². The molecule has 4 rings (SSSR count). The second kappa shape index (κ2) is 7.05. The van der Waals surface area contributed by atoms with Gasteiger partial charge in [0, 0.05) is 42.3 Å². The summed E-state index contributed by atoms with van der Waals surface area (Å²) in [5.41, 5.74) is 2.42. The Hall–Kier alpha value is -1.85. The fourth-order valence-electron chi connectivity index (χ4n) is 4.17. The number of hydrogen-bond donors (Lipinski definition) is 1. The Morgan fingerprint density at radius 3 is 2.73 bits per heavy atom. The highest BCUT2D eigenvalue weighted by molar-refractivity contribution is 7.80. The number of aromatic nitrogens is 1. The first-order valence-corrected chi connectivity index (χ1v) is 9.80. The first-order chi connectivity index (χ1) is 12.5. The molecular weight excluding hydrogens is 366 g/mol. The molecule has 0 radical (unpaired) electrons. The zero-order valence-corrected chi connectivity index (χ0v) is 16.3. The number of pyridine rings is 1. The first kappa shape index (κ1) is 17.6. The van der Waals surface area contributed by atoms with Gasteiger partial charge in [0.15, 0.2) is 5.11 Å². The average Bonchev–Trinajstić information content (AvgIpc) is 2.63. The van der Waals surface area contributed by atoms with E-state index in [-0.39, 0.29) is 11.6 Å². The minimum absolute atomic E-state index is 0.114. The zero-order chi connectivity index (χ0) is 18.3. The molecule has 2 aliphatic heterocycles. The third kappa shape index (κ3) is 3.38. The van der Waals surface area contributed by atoms with Crippen LogP contribution in [0.1, 0.15) is 36.6 Å². The minimum atomic E-state index is 0.114. The fraction of sp³-hybridized carbons (Fsp3) is 0.400. The van der Waals surface area contributed by atoms with E-state index in [2.05, 4.69) is 23.2 Å². The van der Waals surface area contributed by atoms with Gasteiger partial charge in [0.25, 0.3) is 5.56 Å². The van der Waals surface area contributed by atoms with Gasteiger partial charge in [-0.05, 0) is 55.2 Å². The highest BCUT2D eigenvalue weighted by atomic mass is 35.5. The van der Waals surface area contributed by atoms with Crippen molar-refractivity contribution in [3.8, 4) is 0 Å². The highest BCUT2D eigenvalue weighted by Gasteiger charge is 2.35. The number of halogens is 1. The maximum atomic E-state index is 12.1. The molecule has 3 heterocycles. The number of piperidine rings is 1. The third-order valence-corrected chi connectivity index (χ3v) is 6.10. The van der Waals surface area contributed by atoms with Gasteiger partial charge in [-0.15, -0.1) is 0 Å². The maximum Gasteiger partial charge on any atom is 0.250 e. The molecule has 1 fully saturated rings. The topological polar surface area (TPSA) is 37.3 Å². The molecule has 1 aromatic heterocycles. The Morgan fingerprint density at radius 1 is 1.19 bits per heavy atom. The van der Waals surface area contributed by atoms with Crippen molar-refractivity contribution in [2.45, 2.75) is 31.8 Å². The van der Waals surface area contributed by atoms with Gasteiger partial charge >= 0.3 is 0 Å². The summed E-state index contributed by atoms with van der Waals surface area (Å²) in [4.78, 5) is 14.4. The monoisotopic (exact) mass is 387 g/mol. The van der Waals surface area contributed by atoms with Gasteiger partial charge in [-0.1, -0.05) is 29.8 Å². The van der Waals surface area contributed by atoms with Crippen molar-refractivity contribution in [1.29, 1.82) is 0 Å². The van der Waals surface area contributed by atoms with Crippen molar-refractivity contribution in [2.24, 2.45) is 5.92 Å². The lowest BCUT2D eigenvalue weighted by Crippen LogP contribution is -2.52. The quantitative estimate of drug-likeness (QED) is 0.799. The smallest absolute Gasteiger partial charge is 0.250 e. The third-order valence-electron chi connectivity index (χ3n) is 5.48. The number of rotatable bonds is 2. The van der Waals surface area contributed by atoms with Gasteiger partial charge in [0.1, 0.15) is 0 Å². The lowest BCUT2D eigenvalue weighted by atomic mass is 9.83. The highest BCUT2D eigenvalue weighted by Crippen LogP contribution is 2.35. The molecule has 1 N–H and O–H groups in total. The molecule has 3 unspecified atom stereocenters. The second-order valence-corrected chi connectivity index (χ2v) is 8.15. The standard InChI is InChI=1S/C20H22ClN3OS/c1-13(15-5-7-17(21)8-6-15)22-20(26)23-10-14-9-16(12-23)18-3-2-4-19(25)24(18)11-14/h2-8,13-14,16H,9-12H2,1H3,(H,22,26). The van der Waals surface area contributed by atoms with Crippen LogP contribution in [-0.4, -0.2) is 27.7 Å². The van der Waals surface area contributed by atoms with E-state index in [9.17, 15) is 4.79 Å². The van der Waals surface area contributed by atoms with Crippen LogP contribution in [-0.2, 0) is 6.54 Å². The van der Waals surface area contributed by atoms with Gasteiger partial charge in [-0.3, -0.25) is 4.79 Å². The second-order valence-electron chi connectivity index (χ2n) is 7.33. The summed E-state index contributed by atoms with van der Waals surface area (Å²) in [6, 6.07) is 13.6. The van der Waals surface area contributed by atoms with E-state index < -0.39 is 0 Å². The van der Waals surface area contributed by atoms with Crippen LogP contribution in [0.25, 0.3) is 0 Å². The molecule has 0 spiro atoms. The number of benzene rings is 1. The lowest BCUT2D eigenvalue weighted by Gasteiger charge is -2.44. The van der Waals surface area contributed by atoms with Crippen molar-refractivity contribution in [1.82, 2.24) is 14.8 Å². The number of nitrogens with zero attached hydrogens (tertiary/aromatic N) is 2. The Kier molecular flexibility index (Phi) is 4.76.